The van der Waals surface area contributed by atoms with Crippen LogP contribution in [0.4, 0.5) is 24.8 Å². The van der Waals surface area contributed by atoms with Crippen LogP contribution in [0.3, 0.4) is 0 Å². The van der Waals surface area contributed by atoms with Crippen LogP contribution in [0, 0.1) is 17.5 Å². The average molecular weight is 415 g/mol. The number of nitrogens with zero attached hydrogens (tertiary/aromatic N) is 2. The van der Waals surface area contributed by atoms with Gasteiger partial charge < -0.3 is 5.73 Å². The molecular formula is C16H10ClF3N4O2S. The van der Waals surface area contributed by atoms with Gasteiger partial charge in [-0.1, -0.05) is 17.7 Å². The minimum atomic E-state index is -4.18. The predicted octanol–water partition coefficient (Wildman–Crippen LogP) is 3.60. The molecule has 0 saturated carbocycles. The van der Waals surface area contributed by atoms with Crippen molar-refractivity contribution in [3.63, 3.8) is 0 Å². The third-order valence-corrected chi connectivity index (χ3v) is 4.95. The monoisotopic (exact) mass is 414 g/mol. The molecule has 0 amide bonds. The Morgan fingerprint density at radius 1 is 0.963 bits per heavy atom. The van der Waals surface area contributed by atoms with Crippen molar-refractivity contribution in [1.82, 2.24) is 9.97 Å². The molecule has 0 aliphatic heterocycles. The molecule has 140 valence electrons. The van der Waals surface area contributed by atoms with Crippen LogP contribution in [0.15, 0.2) is 47.5 Å². The number of sulfonamides is 1. The van der Waals surface area contributed by atoms with E-state index in [2.05, 4.69) is 14.7 Å². The van der Waals surface area contributed by atoms with Gasteiger partial charge in [-0.2, -0.15) is 8.42 Å². The largest absolute Gasteiger partial charge is 0.384 e. The van der Waals surface area contributed by atoms with E-state index in [0.29, 0.717) is 12.1 Å². The lowest BCUT2D eigenvalue weighted by Crippen LogP contribution is -2.16. The lowest BCUT2D eigenvalue weighted by Gasteiger charge is -2.11. The minimum absolute atomic E-state index is 0.0217. The fourth-order valence-electron chi connectivity index (χ4n) is 2.19. The van der Waals surface area contributed by atoms with E-state index < -0.39 is 38.7 Å². The van der Waals surface area contributed by atoms with Gasteiger partial charge in [0.15, 0.2) is 16.7 Å². The Balaban J connectivity index is 2.06. The molecule has 0 saturated heterocycles. The summed E-state index contributed by atoms with van der Waals surface area (Å²) in [4.78, 5) is 7.49. The lowest BCUT2D eigenvalue weighted by atomic mass is 10.1. The molecule has 0 bridgehead atoms. The van der Waals surface area contributed by atoms with E-state index >= 15 is 0 Å². The number of nitrogen functional groups attached to an aromatic ring is 1. The van der Waals surface area contributed by atoms with Crippen LogP contribution in [-0.4, -0.2) is 18.4 Å². The van der Waals surface area contributed by atoms with Crippen molar-refractivity contribution in [3.05, 3.63) is 64.9 Å². The minimum Gasteiger partial charge on any atom is -0.384 e. The third kappa shape index (κ3) is 3.81. The van der Waals surface area contributed by atoms with Gasteiger partial charge in [-0.15, -0.1) is 0 Å². The lowest BCUT2D eigenvalue weighted by molar-refractivity contribution is 0.498. The zero-order chi connectivity index (χ0) is 19.8. The number of hydrogen-bond acceptors (Lipinski definition) is 5. The molecule has 27 heavy (non-hydrogen) atoms. The van der Waals surface area contributed by atoms with E-state index in [1.165, 1.54) is 24.3 Å². The number of nitrogens with one attached hydrogen (secondary N) is 1. The molecule has 0 fully saturated rings. The van der Waals surface area contributed by atoms with Gasteiger partial charge in [-0.3, -0.25) is 4.72 Å². The van der Waals surface area contributed by atoms with Gasteiger partial charge >= 0.3 is 0 Å². The average Bonchev–Trinajstić information content (AvgIpc) is 2.61. The van der Waals surface area contributed by atoms with E-state index in [0.717, 1.165) is 6.07 Å². The van der Waals surface area contributed by atoms with Gasteiger partial charge in [0.1, 0.15) is 17.5 Å². The van der Waals surface area contributed by atoms with E-state index in [-0.39, 0.29) is 21.7 Å². The van der Waals surface area contributed by atoms with Gasteiger partial charge in [-0.05, 0) is 36.4 Å². The number of anilines is 2. The van der Waals surface area contributed by atoms with E-state index in [1.54, 1.807) is 0 Å². The summed E-state index contributed by atoms with van der Waals surface area (Å²) in [5, 5.41) is -0.590. The zero-order valence-corrected chi connectivity index (χ0v) is 14.8. The molecule has 11 heteroatoms. The summed E-state index contributed by atoms with van der Waals surface area (Å²) in [6, 6.07) is 7.63. The van der Waals surface area contributed by atoms with Gasteiger partial charge in [0.2, 0.25) is 0 Å². The maximum absolute atomic E-state index is 14.0. The van der Waals surface area contributed by atoms with E-state index in [4.69, 9.17) is 17.3 Å². The Morgan fingerprint density at radius 2 is 1.67 bits per heavy atom. The molecule has 6 nitrogen and oxygen atoms in total. The molecule has 3 rings (SSSR count). The second kappa shape index (κ2) is 7.05. The van der Waals surface area contributed by atoms with Crippen molar-refractivity contribution in [2.24, 2.45) is 0 Å². The maximum Gasteiger partial charge on any atom is 0.280 e. The molecule has 0 aliphatic carbocycles. The highest BCUT2D eigenvalue weighted by molar-refractivity contribution is 7.92. The van der Waals surface area contributed by atoms with Gasteiger partial charge in [0, 0.05) is 0 Å². The molecular weight excluding hydrogens is 405 g/mol. The summed E-state index contributed by atoms with van der Waals surface area (Å²) in [5.74, 6) is -4.24. The smallest absolute Gasteiger partial charge is 0.280 e. The van der Waals surface area contributed by atoms with Gasteiger partial charge in [0.05, 0.1) is 16.3 Å². The van der Waals surface area contributed by atoms with Gasteiger partial charge in [0.25, 0.3) is 10.0 Å². The summed E-state index contributed by atoms with van der Waals surface area (Å²) in [5.41, 5.74) is 4.18. The normalized spacial score (nSPS) is 11.4. The van der Waals surface area contributed by atoms with E-state index in [1.807, 2.05) is 0 Å². The molecule has 2 aromatic heterocycles. The predicted molar refractivity (Wildman–Crippen MR) is 94.0 cm³/mol. The number of pyridine rings is 2. The molecule has 0 radical (unpaired) electrons. The van der Waals surface area contributed by atoms with Crippen molar-refractivity contribution >= 4 is 33.3 Å². The van der Waals surface area contributed by atoms with Gasteiger partial charge in [-0.25, -0.2) is 23.1 Å². The van der Waals surface area contributed by atoms with Crippen molar-refractivity contribution < 1.29 is 21.6 Å². The first-order valence-electron chi connectivity index (χ1n) is 7.25. The summed E-state index contributed by atoms with van der Waals surface area (Å²) in [7, 11) is -4.18. The summed E-state index contributed by atoms with van der Waals surface area (Å²) < 4.78 is 68.3. The fraction of sp³-hybridized carbons (Fsp3) is 0. The Bertz CT molecular complexity index is 1140. The molecule has 0 atom stereocenters. The van der Waals surface area contributed by atoms with Crippen molar-refractivity contribution in [2.45, 2.75) is 5.03 Å². The van der Waals surface area contributed by atoms with Crippen LogP contribution in [0.2, 0.25) is 5.02 Å². The first kappa shape index (κ1) is 18.9. The zero-order valence-electron chi connectivity index (χ0n) is 13.2. The Hall–Kier alpha value is -2.85. The molecule has 1 aromatic carbocycles. The number of halogens is 4. The van der Waals surface area contributed by atoms with Crippen LogP contribution >= 0.6 is 11.6 Å². The number of hydrogen-bond donors (Lipinski definition) is 2. The van der Waals surface area contributed by atoms with Crippen LogP contribution in [0.5, 0.6) is 0 Å². The summed E-state index contributed by atoms with van der Waals surface area (Å²) in [6.07, 6.45) is 0. The Kier molecular flexibility index (Phi) is 4.94. The summed E-state index contributed by atoms with van der Waals surface area (Å²) >= 11 is 5.91. The quantitative estimate of drug-likeness (QED) is 0.636. The number of aromatic nitrogens is 2. The molecule has 0 unspecified atom stereocenters. The summed E-state index contributed by atoms with van der Waals surface area (Å²) in [6.45, 7) is 0. The number of rotatable bonds is 4. The topological polar surface area (TPSA) is 98.0 Å². The van der Waals surface area contributed by atoms with Crippen LogP contribution in [-0.2, 0) is 10.0 Å². The molecule has 0 spiro atoms. The first-order valence-corrected chi connectivity index (χ1v) is 9.11. The standard InChI is InChI=1S/C16H10ClF3N4O2S/c17-8-4-7-12(24-27(25,26)13-3-1-2-11(21)22-13)23-16(8)14-9(18)5-6-10(19)15(14)20/h1-7H,(H2,21,22)(H,23,24). The Morgan fingerprint density at radius 3 is 2.37 bits per heavy atom. The van der Waals surface area contributed by atoms with Crippen LogP contribution in [0.1, 0.15) is 0 Å². The molecule has 3 N–H and O–H groups in total. The van der Waals surface area contributed by atoms with Crippen LogP contribution in [0.25, 0.3) is 11.3 Å². The number of nitrogens with two attached hydrogens (primary N) is 1. The SMILES string of the molecule is Nc1cccc(S(=O)(=O)Nc2ccc(Cl)c(-c3c(F)ccc(F)c3F)n2)n1. The number of benzene rings is 1. The third-order valence-electron chi connectivity index (χ3n) is 3.39. The fourth-order valence-corrected chi connectivity index (χ4v) is 3.37. The highest BCUT2D eigenvalue weighted by atomic mass is 35.5. The van der Waals surface area contributed by atoms with Crippen molar-refractivity contribution in [3.8, 4) is 11.3 Å². The highest BCUT2D eigenvalue weighted by Gasteiger charge is 2.22. The second-order valence-corrected chi connectivity index (χ2v) is 7.29. The second-order valence-electron chi connectivity index (χ2n) is 5.25. The van der Waals surface area contributed by atoms with Crippen molar-refractivity contribution in [2.75, 3.05) is 10.5 Å². The Labute approximate surface area is 156 Å². The molecule has 3 aromatic rings. The molecule has 2 heterocycles. The van der Waals surface area contributed by atoms with Crippen LogP contribution < -0.4 is 10.5 Å². The maximum atomic E-state index is 14.0. The first-order chi connectivity index (χ1) is 12.7. The molecule has 0 aliphatic rings. The van der Waals surface area contributed by atoms with Crippen molar-refractivity contribution in [1.29, 1.82) is 0 Å². The highest BCUT2D eigenvalue weighted by Crippen LogP contribution is 2.33. The van der Waals surface area contributed by atoms with E-state index in [9.17, 15) is 21.6 Å².